The van der Waals surface area contributed by atoms with Crippen LogP contribution in [0, 0.1) is 6.92 Å². The first-order valence-electron chi connectivity index (χ1n) is 9.46. The minimum atomic E-state index is -3.93. The zero-order chi connectivity index (χ0) is 21.7. The Balaban J connectivity index is 1.90. The highest BCUT2D eigenvalue weighted by Gasteiger charge is 2.27. The number of carbonyl (C=O) groups is 1. The molecule has 0 saturated heterocycles. The first kappa shape index (κ1) is 22.1. The fraction of sp³-hybridized carbons (Fsp3) is 0.174. The molecule has 0 saturated carbocycles. The summed E-state index contributed by atoms with van der Waals surface area (Å²) in [5.41, 5.74) is 2.31. The Labute approximate surface area is 185 Å². The van der Waals surface area contributed by atoms with Crippen molar-refractivity contribution in [3.05, 3.63) is 94.5 Å². The second-order valence-corrected chi connectivity index (χ2v) is 9.78. The molecule has 1 unspecified atom stereocenters. The monoisotopic (exact) mass is 486 g/mol. The highest BCUT2D eigenvalue weighted by atomic mass is 79.9. The van der Waals surface area contributed by atoms with Gasteiger partial charge in [-0.05, 0) is 49.7 Å². The fourth-order valence-corrected chi connectivity index (χ4v) is 4.83. The summed E-state index contributed by atoms with van der Waals surface area (Å²) >= 11 is 3.38. The molecule has 1 atom stereocenters. The maximum Gasteiger partial charge on any atom is 0.264 e. The Morgan fingerprint density at radius 2 is 1.67 bits per heavy atom. The van der Waals surface area contributed by atoms with Crippen molar-refractivity contribution in [1.29, 1.82) is 0 Å². The lowest BCUT2D eigenvalue weighted by Crippen LogP contribution is -2.41. The molecule has 0 aromatic heterocycles. The Morgan fingerprint density at radius 3 is 2.30 bits per heavy atom. The summed E-state index contributed by atoms with van der Waals surface area (Å²) in [6, 6.07) is 22.8. The van der Waals surface area contributed by atoms with E-state index in [2.05, 4.69) is 21.2 Å². The molecule has 7 heteroatoms. The van der Waals surface area contributed by atoms with Gasteiger partial charge in [0.15, 0.2) is 0 Å². The van der Waals surface area contributed by atoms with Gasteiger partial charge < -0.3 is 5.32 Å². The molecule has 0 radical (unpaired) electrons. The fourth-order valence-electron chi connectivity index (χ4n) is 3.03. The van der Waals surface area contributed by atoms with Crippen LogP contribution in [-0.4, -0.2) is 20.9 Å². The van der Waals surface area contributed by atoms with E-state index in [0.29, 0.717) is 5.69 Å². The Kier molecular flexibility index (Phi) is 6.95. The maximum atomic E-state index is 13.4. The van der Waals surface area contributed by atoms with E-state index in [0.717, 1.165) is 19.9 Å². The van der Waals surface area contributed by atoms with Crippen molar-refractivity contribution in [2.75, 3.05) is 10.8 Å². The number of benzene rings is 3. The maximum absolute atomic E-state index is 13.4. The van der Waals surface area contributed by atoms with Gasteiger partial charge in [0.25, 0.3) is 10.0 Å². The summed E-state index contributed by atoms with van der Waals surface area (Å²) in [5, 5.41) is 2.89. The van der Waals surface area contributed by atoms with Gasteiger partial charge in [-0.25, -0.2) is 8.42 Å². The van der Waals surface area contributed by atoms with Gasteiger partial charge in [0, 0.05) is 4.47 Å². The molecule has 3 rings (SSSR count). The first-order chi connectivity index (χ1) is 14.3. The summed E-state index contributed by atoms with van der Waals surface area (Å²) in [7, 11) is -3.93. The zero-order valence-electron chi connectivity index (χ0n) is 16.7. The predicted molar refractivity (Wildman–Crippen MR) is 123 cm³/mol. The van der Waals surface area contributed by atoms with Crippen molar-refractivity contribution in [2.24, 2.45) is 0 Å². The van der Waals surface area contributed by atoms with Crippen molar-refractivity contribution in [3.8, 4) is 0 Å². The van der Waals surface area contributed by atoms with Gasteiger partial charge in [-0.3, -0.25) is 9.10 Å². The number of nitrogens with one attached hydrogen (secondary N) is 1. The molecule has 0 fully saturated rings. The van der Waals surface area contributed by atoms with Crippen molar-refractivity contribution in [2.45, 2.75) is 24.8 Å². The molecule has 30 heavy (non-hydrogen) atoms. The van der Waals surface area contributed by atoms with Crippen molar-refractivity contribution < 1.29 is 13.2 Å². The molecule has 0 spiro atoms. The summed E-state index contributed by atoms with van der Waals surface area (Å²) in [5.74, 6) is -0.387. The van der Waals surface area contributed by atoms with Gasteiger partial charge in [-0.1, -0.05) is 70.0 Å². The third-order valence-electron chi connectivity index (χ3n) is 4.67. The lowest BCUT2D eigenvalue weighted by molar-refractivity contribution is -0.120. The van der Waals surface area contributed by atoms with E-state index >= 15 is 0 Å². The van der Waals surface area contributed by atoms with Crippen molar-refractivity contribution in [3.63, 3.8) is 0 Å². The number of carbonyl (C=O) groups excluding carboxylic acids is 1. The molecule has 0 aliphatic rings. The van der Waals surface area contributed by atoms with Crippen LogP contribution in [-0.2, 0) is 14.8 Å². The van der Waals surface area contributed by atoms with E-state index < -0.39 is 10.0 Å². The van der Waals surface area contributed by atoms with E-state index in [9.17, 15) is 13.2 Å². The number of aryl methyl sites for hydroxylation is 1. The summed E-state index contributed by atoms with van der Waals surface area (Å²) < 4.78 is 28.6. The molecule has 3 aromatic rings. The largest absolute Gasteiger partial charge is 0.348 e. The summed E-state index contributed by atoms with van der Waals surface area (Å²) in [4.78, 5) is 12.9. The average molecular weight is 487 g/mol. The third-order valence-corrected chi connectivity index (χ3v) is 6.95. The highest BCUT2D eigenvalue weighted by Crippen LogP contribution is 2.26. The van der Waals surface area contributed by atoms with E-state index in [1.807, 2.05) is 44.2 Å². The molecular formula is C23H23BrN2O3S. The van der Waals surface area contributed by atoms with Gasteiger partial charge >= 0.3 is 0 Å². The van der Waals surface area contributed by atoms with Crippen LogP contribution in [0.4, 0.5) is 5.69 Å². The molecule has 1 amide bonds. The topological polar surface area (TPSA) is 66.5 Å². The second-order valence-electron chi connectivity index (χ2n) is 7.00. The van der Waals surface area contributed by atoms with Crippen LogP contribution in [0.15, 0.2) is 88.2 Å². The molecule has 0 aliphatic heterocycles. The Hall–Kier alpha value is -2.64. The average Bonchev–Trinajstić information content (AvgIpc) is 2.73. The lowest BCUT2D eigenvalue weighted by atomic mass is 10.1. The number of rotatable bonds is 7. The van der Waals surface area contributed by atoms with Gasteiger partial charge in [-0.2, -0.15) is 0 Å². The van der Waals surface area contributed by atoms with Crippen LogP contribution in [0.3, 0.4) is 0 Å². The van der Waals surface area contributed by atoms with Crippen LogP contribution < -0.4 is 9.62 Å². The third kappa shape index (κ3) is 5.29. The molecule has 0 aliphatic carbocycles. The Morgan fingerprint density at radius 1 is 1.00 bits per heavy atom. The molecule has 0 heterocycles. The van der Waals surface area contributed by atoms with Crippen LogP contribution in [0.25, 0.3) is 0 Å². The van der Waals surface area contributed by atoms with Gasteiger partial charge in [0.2, 0.25) is 5.91 Å². The van der Waals surface area contributed by atoms with Crippen molar-refractivity contribution >= 4 is 37.5 Å². The number of sulfonamides is 1. The van der Waals surface area contributed by atoms with E-state index in [1.165, 1.54) is 0 Å². The SMILES string of the molecule is Cc1ccc(S(=O)(=O)N(CC(=O)NC(C)c2ccccc2)c2cccc(Br)c2)cc1. The van der Waals surface area contributed by atoms with Gasteiger partial charge in [0.1, 0.15) is 6.54 Å². The van der Waals surface area contributed by atoms with E-state index in [4.69, 9.17) is 0 Å². The quantitative estimate of drug-likeness (QED) is 0.519. The van der Waals surface area contributed by atoms with Crippen LogP contribution in [0.5, 0.6) is 0 Å². The van der Waals surface area contributed by atoms with Gasteiger partial charge in [-0.15, -0.1) is 0 Å². The predicted octanol–water partition coefficient (Wildman–Crippen LogP) is 4.83. The second kappa shape index (κ2) is 9.45. The van der Waals surface area contributed by atoms with E-state index in [1.54, 1.807) is 48.5 Å². The van der Waals surface area contributed by atoms with Gasteiger partial charge in [0.05, 0.1) is 16.6 Å². The number of nitrogens with zero attached hydrogens (tertiary/aromatic N) is 1. The molecule has 156 valence electrons. The van der Waals surface area contributed by atoms with Crippen LogP contribution >= 0.6 is 15.9 Å². The molecule has 0 bridgehead atoms. The minimum absolute atomic E-state index is 0.136. The Bertz CT molecular complexity index is 1120. The lowest BCUT2D eigenvalue weighted by Gasteiger charge is -2.25. The molecular weight excluding hydrogens is 464 g/mol. The first-order valence-corrected chi connectivity index (χ1v) is 11.7. The van der Waals surface area contributed by atoms with E-state index in [-0.39, 0.29) is 23.4 Å². The smallest absolute Gasteiger partial charge is 0.264 e. The van der Waals surface area contributed by atoms with Crippen molar-refractivity contribution in [1.82, 2.24) is 5.32 Å². The molecule has 3 aromatic carbocycles. The standard InChI is InChI=1S/C23H23BrN2O3S/c1-17-11-13-22(14-12-17)30(28,29)26(21-10-6-9-20(24)15-21)16-23(27)25-18(2)19-7-4-3-5-8-19/h3-15,18H,16H2,1-2H3,(H,25,27). The highest BCUT2D eigenvalue weighted by molar-refractivity contribution is 9.10. The zero-order valence-corrected chi connectivity index (χ0v) is 19.2. The molecule has 5 nitrogen and oxygen atoms in total. The number of halogens is 1. The number of hydrogen-bond acceptors (Lipinski definition) is 3. The normalized spacial score (nSPS) is 12.2. The van der Waals surface area contributed by atoms with Crippen LogP contribution in [0.2, 0.25) is 0 Å². The van der Waals surface area contributed by atoms with Crippen LogP contribution in [0.1, 0.15) is 24.1 Å². The number of anilines is 1. The minimum Gasteiger partial charge on any atom is -0.348 e. The number of hydrogen-bond donors (Lipinski definition) is 1. The summed E-state index contributed by atoms with van der Waals surface area (Å²) in [6.07, 6.45) is 0. The summed E-state index contributed by atoms with van der Waals surface area (Å²) in [6.45, 7) is 3.43. The molecule has 1 N–H and O–H groups in total. The number of amides is 1.